The third-order valence-electron chi connectivity index (χ3n) is 3.24. The average molecular weight is 392 g/mol. The van der Waals surface area contributed by atoms with Crippen LogP contribution in [0.25, 0.3) is 0 Å². The SMILES string of the molecule is Brc1ccc(CNCCCN2CCOCC2)cc1Br. The molecule has 5 heteroatoms. The van der Waals surface area contributed by atoms with Gasteiger partial charge in [-0.1, -0.05) is 6.07 Å². The van der Waals surface area contributed by atoms with Gasteiger partial charge in [0.2, 0.25) is 0 Å². The van der Waals surface area contributed by atoms with Crippen LogP contribution in [0.15, 0.2) is 27.1 Å². The summed E-state index contributed by atoms with van der Waals surface area (Å²) in [6.07, 6.45) is 1.19. The molecule has 1 N–H and O–H groups in total. The Morgan fingerprint density at radius 3 is 2.68 bits per heavy atom. The van der Waals surface area contributed by atoms with E-state index in [2.05, 4.69) is 60.3 Å². The molecule has 2 rings (SSSR count). The Morgan fingerprint density at radius 2 is 1.95 bits per heavy atom. The molecule has 1 fully saturated rings. The highest BCUT2D eigenvalue weighted by Crippen LogP contribution is 2.23. The maximum atomic E-state index is 5.34. The Bertz CT molecular complexity index is 395. The second-order valence-electron chi connectivity index (χ2n) is 4.73. The fourth-order valence-corrected chi connectivity index (χ4v) is 2.81. The maximum absolute atomic E-state index is 5.34. The molecule has 0 aliphatic carbocycles. The van der Waals surface area contributed by atoms with Gasteiger partial charge < -0.3 is 10.1 Å². The fourth-order valence-electron chi connectivity index (χ4n) is 2.13. The van der Waals surface area contributed by atoms with Crippen LogP contribution in [0.5, 0.6) is 0 Å². The van der Waals surface area contributed by atoms with E-state index in [0.717, 1.165) is 48.3 Å². The van der Waals surface area contributed by atoms with Gasteiger partial charge in [-0.15, -0.1) is 0 Å². The molecule has 0 amide bonds. The van der Waals surface area contributed by atoms with E-state index < -0.39 is 0 Å². The minimum atomic E-state index is 0.889. The van der Waals surface area contributed by atoms with E-state index >= 15 is 0 Å². The maximum Gasteiger partial charge on any atom is 0.0594 e. The zero-order valence-corrected chi connectivity index (χ0v) is 14.2. The van der Waals surface area contributed by atoms with Crippen LogP contribution in [0.1, 0.15) is 12.0 Å². The average Bonchev–Trinajstić information content (AvgIpc) is 2.43. The normalized spacial score (nSPS) is 16.7. The van der Waals surface area contributed by atoms with Crippen LogP contribution in [0.2, 0.25) is 0 Å². The highest BCUT2D eigenvalue weighted by atomic mass is 79.9. The number of nitrogens with zero attached hydrogens (tertiary/aromatic N) is 1. The molecule has 1 aliphatic rings. The summed E-state index contributed by atoms with van der Waals surface area (Å²) in [6, 6.07) is 6.37. The Balaban J connectivity index is 1.59. The van der Waals surface area contributed by atoms with Gasteiger partial charge in [-0.2, -0.15) is 0 Å². The lowest BCUT2D eigenvalue weighted by molar-refractivity contribution is 0.0374. The van der Waals surface area contributed by atoms with Gasteiger partial charge in [0.1, 0.15) is 0 Å². The predicted octanol–water partition coefficient (Wildman–Crippen LogP) is 3.02. The second-order valence-corrected chi connectivity index (χ2v) is 6.44. The van der Waals surface area contributed by atoms with Gasteiger partial charge >= 0.3 is 0 Å². The van der Waals surface area contributed by atoms with Crippen LogP contribution in [-0.2, 0) is 11.3 Å². The minimum absolute atomic E-state index is 0.889. The van der Waals surface area contributed by atoms with E-state index in [1.165, 1.54) is 18.5 Å². The minimum Gasteiger partial charge on any atom is -0.379 e. The number of hydrogen-bond donors (Lipinski definition) is 1. The van der Waals surface area contributed by atoms with E-state index in [-0.39, 0.29) is 0 Å². The first kappa shape index (κ1) is 15.4. The molecule has 0 atom stereocenters. The van der Waals surface area contributed by atoms with Gasteiger partial charge in [0, 0.05) is 28.6 Å². The Hall–Kier alpha value is 0.0600. The molecule has 0 aromatic heterocycles. The van der Waals surface area contributed by atoms with Crippen LogP contribution in [0, 0.1) is 0 Å². The van der Waals surface area contributed by atoms with Crippen LogP contribution < -0.4 is 5.32 Å². The molecule has 0 spiro atoms. The van der Waals surface area contributed by atoms with Gasteiger partial charge in [0.15, 0.2) is 0 Å². The number of benzene rings is 1. The van der Waals surface area contributed by atoms with E-state index in [4.69, 9.17) is 4.74 Å². The van der Waals surface area contributed by atoms with E-state index in [9.17, 15) is 0 Å². The van der Waals surface area contributed by atoms with Crippen LogP contribution in [-0.4, -0.2) is 44.3 Å². The van der Waals surface area contributed by atoms with Crippen molar-refractivity contribution >= 4 is 31.9 Å². The quantitative estimate of drug-likeness (QED) is 0.754. The lowest BCUT2D eigenvalue weighted by atomic mass is 10.2. The summed E-state index contributed by atoms with van der Waals surface area (Å²) in [5.41, 5.74) is 1.31. The molecule has 0 bridgehead atoms. The van der Waals surface area contributed by atoms with Gasteiger partial charge in [0.25, 0.3) is 0 Å². The Kier molecular flexibility index (Phi) is 6.81. The molecule has 1 aliphatic heterocycles. The number of rotatable bonds is 6. The lowest BCUT2D eigenvalue weighted by Gasteiger charge is -2.26. The summed E-state index contributed by atoms with van der Waals surface area (Å²) in [4.78, 5) is 2.47. The van der Waals surface area contributed by atoms with Gasteiger partial charge in [-0.05, 0) is 69.1 Å². The topological polar surface area (TPSA) is 24.5 Å². The number of morpholine rings is 1. The molecule has 0 saturated carbocycles. The van der Waals surface area contributed by atoms with Crippen molar-refractivity contribution in [2.75, 3.05) is 39.4 Å². The first-order chi connectivity index (χ1) is 9.25. The summed E-state index contributed by atoms with van der Waals surface area (Å²) in [5.74, 6) is 0. The highest BCUT2D eigenvalue weighted by molar-refractivity contribution is 9.13. The van der Waals surface area contributed by atoms with Crippen molar-refractivity contribution in [3.05, 3.63) is 32.7 Å². The summed E-state index contributed by atoms with van der Waals surface area (Å²) < 4.78 is 7.55. The molecule has 1 aromatic carbocycles. The van der Waals surface area contributed by atoms with Crippen LogP contribution in [0.3, 0.4) is 0 Å². The molecule has 1 heterocycles. The summed E-state index contributed by atoms with van der Waals surface area (Å²) in [7, 11) is 0. The highest BCUT2D eigenvalue weighted by Gasteiger charge is 2.08. The molecule has 1 aromatic rings. The summed E-state index contributed by atoms with van der Waals surface area (Å²) >= 11 is 7.01. The van der Waals surface area contributed by atoms with Gasteiger partial charge in [-0.3, -0.25) is 4.90 Å². The molecule has 1 saturated heterocycles. The molecule has 3 nitrogen and oxygen atoms in total. The van der Waals surface area contributed by atoms with E-state index in [1.54, 1.807) is 0 Å². The number of ether oxygens (including phenoxy) is 1. The zero-order valence-electron chi connectivity index (χ0n) is 11.0. The predicted molar refractivity (Wildman–Crippen MR) is 85.4 cm³/mol. The van der Waals surface area contributed by atoms with E-state index in [0.29, 0.717) is 0 Å². The standard InChI is InChI=1S/C14H20Br2N2O/c15-13-3-2-12(10-14(13)16)11-17-4-1-5-18-6-8-19-9-7-18/h2-3,10,17H,1,4-9,11H2. The Morgan fingerprint density at radius 1 is 1.16 bits per heavy atom. The molecular weight excluding hydrogens is 372 g/mol. The fraction of sp³-hybridized carbons (Fsp3) is 0.571. The van der Waals surface area contributed by atoms with Gasteiger partial charge in [0.05, 0.1) is 13.2 Å². The van der Waals surface area contributed by atoms with Crippen molar-refractivity contribution in [1.82, 2.24) is 10.2 Å². The van der Waals surface area contributed by atoms with Crippen LogP contribution >= 0.6 is 31.9 Å². The molecule has 19 heavy (non-hydrogen) atoms. The third kappa shape index (κ3) is 5.52. The number of nitrogens with one attached hydrogen (secondary N) is 1. The molecule has 0 unspecified atom stereocenters. The van der Waals surface area contributed by atoms with E-state index in [1.807, 2.05) is 0 Å². The van der Waals surface area contributed by atoms with Crippen molar-refractivity contribution in [2.45, 2.75) is 13.0 Å². The first-order valence-electron chi connectivity index (χ1n) is 6.70. The van der Waals surface area contributed by atoms with Crippen molar-refractivity contribution in [2.24, 2.45) is 0 Å². The number of halogens is 2. The van der Waals surface area contributed by atoms with Crippen molar-refractivity contribution < 1.29 is 4.74 Å². The van der Waals surface area contributed by atoms with Gasteiger partial charge in [-0.25, -0.2) is 0 Å². The zero-order chi connectivity index (χ0) is 13.5. The molecule has 0 radical (unpaired) electrons. The summed E-state index contributed by atoms with van der Waals surface area (Å²) in [5, 5.41) is 3.49. The van der Waals surface area contributed by atoms with Crippen molar-refractivity contribution in [3.8, 4) is 0 Å². The first-order valence-corrected chi connectivity index (χ1v) is 8.29. The van der Waals surface area contributed by atoms with Crippen LogP contribution in [0.4, 0.5) is 0 Å². The smallest absolute Gasteiger partial charge is 0.0594 e. The molecular formula is C14H20Br2N2O. The molecule has 106 valence electrons. The second kappa shape index (κ2) is 8.37. The number of hydrogen-bond acceptors (Lipinski definition) is 3. The van der Waals surface area contributed by atoms with Crippen molar-refractivity contribution in [3.63, 3.8) is 0 Å². The van der Waals surface area contributed by atoms with Crippen molar-refractivity contribution in [1.29, 1.82) is 0 Å². The monoisotopic (exact) mass is 390 g/mol. The largest absolute Gasteiger partial charge is 0.379 e. The summed E-state index contributed by atoms with van der Waals surface area (Å²) in [6.45, 7) is 7.10. The Labute approximate surface area is 132 Å². The lowest BCUT2D eigenvalue weighted by Crippen LogP contribution is -2.37. The third-order valence-corrected chi connectivity index (χ3v) is 5.12.